The van der Waals surface area contributed by atoms with Gasteiger partial charge in [-0.15, -0.1) is 12.4 Å². The zero-order valence-electron chi connectivity index (χ0n) is 28.1. The summed E-state index contributed by atoms with van der Waals surface area (Å²) in [6, 6.07) is 15.0. The van der Waals surface area contributed by atoms with Gasteiger partial charge in [-0.25, -0.2) is 4.39 Å². The molecule has 1 saturated heterocycles. The molecule has 2 unspecified atom stereocenters. The van der Waals surface area contributed by atoms with E-state index in [0.29, 0.717) is 11.5 Å². The zero-order chi connectivity index (χ0) is 31.6. The van der Waals surface area contributed by atoms with Crippen molar-refractivity contribution in [3.8, 4) is 17.6 Å². The van der Waals surface area contributed by atoms with Gasteiger partial charge in [0.2, 0.25) is 0 Å². The van der Waals surface area contributed by atoms with Crippen molar-refractivity contribution in [3.63, 3.8) is 0 Å². The molecule has 1 fully saturated rings. The number of aliphatic hydroxyl groups is 1. The largest absolute Gasteiger partial charge is 0.493 e. The van der Waals surface area contributed by atoms with Gasteiger partial charge in [0.25, 0.3) is 0 Å². The molecule has 252 valence electrons. The van der Waals surface area contributed by atoms with E-state index in [1.54, 1.807) is 26.4 Å². The maximum Gasteiger partial charge on any atom is 0.161 e. The Kier molecular flexibility index (Phi) is 18.5. The highest BCUT2D eigenvalue weighted by Crippen LogP contribution is 2.40. The number of rotatable bonds is 21. The van der Waals surface area contributed by atoms with Gasteiger partial charge < -0.3 is 19.5 Å². The molecule has 7 heteroatoms. The first-order chi connectivity index (χ1) is 21.5. The predicted octanol–water partition coefficient (Wildman–Crippen LogP) is 9.95. The van der Waals surface area contributed by atoms with Crippen LogP contribution < -0.4 is 9.47 Å². The summed E-state index contributed by atoms with van der Waals surface area (Å²) in [6.07, 6.45) is 17.9. The van der Waals surface area contributed by atoms with Crippen LogP contribution in [0.3, 0.4) is 0 Å². The summed E-state index contributed by atoms with van der Waals surface area (Å²) in [6.45, 7) is 5.19. The number of hydrogen-bond donors (Lipinski definition) is 1. The van der Waals surface area contributed by atoms with Gasteiger partial charge in [-0.05, 0) is 93.0 Å². The molecule has 2 aromatic carbocycles. The van der Waals surface area contributed by atoms with Gasteiger partial charge in [0, 0.05) is 0 Å². The van der Waals surface area contributed by atoms with Crippen molar-refractivity contribution in [2.45, 2.75) is 121 Å². The number of nitrogens with zero attached hydrogens (tertiary/aromatic N) is 2. The summed E-state index contributed by atoms with van der Waals surface area (Å²) in [7, 11) is 3.30. The number of methoxy groups -OCH3 is 2. The number of likely N-dealkylation sites (tertiary alicyclic amines) is 1. The number of nitriles is 1. The third-order valence-corrected chi connectivity index (χ3v) is 9.73. The number of piperidine rings is 1. The molecule has 0 spiro atoms. The van der Waals surface area contributed by atoms with Crippen LogP contribution in [0.2, 0.25) is 0 Å². The summed E-state index contributed by atoms with van der Waals surface area (Å²) >= 11 is 0. The molecule has 1 heterocycles. The van der Waals surface area contributed by atoms with Crippen LogP contribution in [0.4, 0.5) is 4.39 Å². The number of halogens is 2. The van der Waals surface area contributed by atoms with Crippen molar-refractivity contribution in [1.82, 2.24) is 4.90 Å². The molecule has 0 amide bonds. The molecule has 2 aromatic rings. The Morgan fingerprint density at radius 2 is 1.40 bits per heavy atom. The fourth-order valence-corrected chi connectivity index (χ4v) is 6.82. The van der Waals surface area contributed by atoms with Gasteiger partial charge in [-0.3, -0.25) is 0 Å². The minimum absolute atomic E-state index is 0. The highest BCUT2D eigenvalue weighted by Gasteiger charge is 2.33. The number of aliphatic hydroxyl groups excluding tert-OH is 1. The topological polar surface area (TPSA) is 65.7 Å². The molecule has 45 heavy (non-hydrogen) atoms. The Balaban J connectivity index is 0.00000705. The summed E-state index contributed by atoms with van der Waals surface area (Å²) < 4.78 is 24.4. The molecule has 0 saturated carbocycles. The van der Waals surface area contributed by atoms with Crippen molar-refractivity contribution in [2.24, 2.45) is 5.92 Å². The molecule has 0 aromatic heterocycles. The van der Waals surface area contributed by atoms with E-state index >= 15 is 0 Å². The predicted molar refractivity (Wildman–Crippen MR) is 185 cm³/mol. The standard InChI is InChI=1S/C38H57FN2O3.ClH/c1-4-5-6-7-8-9-10-11-12-13-24-38(30-40,33-18-21-35(43-2)36(29-33)44-3)25-14-15-26-41-27-22-32(23-28-41)37(42)31-16-19-34(39)20-17-31;/h16-21,29,32,37,42H,4-15,22-28H2,1-3H3;1H. The SMILES string of the molecule is CCCCCCCCCCCCC(C#N)(CCCCN1CCC(C(O)c2ccc(F)cc2)CC1)c1ccc(OC)c(OC)c1.Cl. The molecule has 5 nitrogen and oxygen atoms in total. The monoisotopic (exact) mass is 644 g/mol. The third-order valence-electron chi connectivity index (χ3n) is 9.73. The molecule has 0 bridgehead atoms. The van der Waals surface area contributed by atoms with Crippen LogP contribution in [0.15, 0.2) is 42.5 Å². The minimum atomic E-state index is -0.540. The quantitative estimate of drug-likeness (QED) is 0.137. The number of benzene rings is 2. The Labute approximate surface area is 278 Å². The highest BCUT2D eigenvalue weighted by atomic mass is 35.5. The van der Waals surface area contributed by atoms with Crippen LogP contribution in [0, 0.1) is 23.1 Å². The second kappa shape index (κ2) is 21.5. The number of ether oxygens (including phenoxy) is 2. The lowest BCUT2D eigenvalue weighted by atomic mass is 9.73. The Morgan fingerprint density at radius 3 is 1.96 bits per heavy atom. The Morgan fingerprint density at radius 1 is 0.844 bits per heavy atom. The zero-order valence-corrected chi connectivity index (χ0v) is 28.9. The van der Waals surface area contributed by atoms with Crippen molar-refractivity contribution in [1.29, 1.82) is 5.26 Å². The first kappa shape index (κ1) is 38.9. The second-order valence-corrected chi connectivity index (χ2v) is 12.8. The summed E-state index contributed by atoms with van der Waals surface area (Å²) in [5.74, 6) is 1.30. The van der Waals surface area contributed by atoms with E-state index in [0.717, 1.165) is 75.7 Å². The van der Waals surface area contributed by atoms with Gasteiger partial charge in [0.05, 0.1) is 31.8 Å². The molecule has 0 radical (unpaired) electrons. The third kappa shape index (κ3) is 12.4. The lowest BCUT2D eigenvalue weighted by molar-refractivity contribution is 0.0583. The van der Waals surface area contributed by atoms with E-state index in [1.807, 2.05) is 12.1 Å². The molecule has 0 aliphatic carbocycles. The van der Waals surface area contributed by atoms with Crippen molar-refractivity contribution >= 4 is 12.4 Å². The maximum absolute atomic E-state index is 13.3. The lowest BCUT2D eigenvalue weighted by Gasteiger charge is -2.34. The second-order valence-electron chi connectivity index (χ2n) is 12.8. The van der Waals surface area contributed by atoms with Crippen LogP contribution >= 0.6 is 12.4 Å². The normalized spacial score (nSPS) is 15.9. The molecule has 1 aliphatic rings. The van der Waals surface area contributed by atoms with Gasteiger partial charge in [0.1, 0.15) is 5.82 Å². The molecule has 1 aliphatic heterocycles. The summed E-state index contributed by atoms with van der Waals surface area (Å²) in [4.78, 5) is 2.49. The van der Waals surface area contributed by atoms with E-state index in [2.05, 4.69) is 24.0 Å². The Hall–Kier alpha value is -2.33. The van der Waals surface area contributed by atoms with Gasteiger partial charge in [0.15, 0.2) is 11.5 Å². The van der Waals surface area contributed by atoms with E-state index in [4.69, 9.17) is 9.47 Å². The van der Waals surface area contributed by atoms with Gasteiger partial charge in [-0.1, -0.05) is 95.8 Å². The highest BCUT2D eigenvalue weighted by molar-refractivity contribution is 5.85. The molecule has 3 rings (SSSR count). The Bertz CT molecular complexity index is 1120. The minimum Gasteiger partial charge on any atom is -0.493 e. The van der Waals surface area contributed by atoms with E-state index in [1.165, 1.54) is 69.9 Å². The molecular weight excluding hydrogens is 587 g/mol. The van der Waals surface area contributed by atoms with Crippen molar-refractivity contribution in [3.05, 3.63) is 59.4 Å². The van der Waals surface area contributed by atoms with Gasteiger partial charge >= 0.3 is 0 Å². The fraction of sp³-hybridized carbons (Fsp3) is 0.658. The van der Waals surface area contributed by atoms with Crippen LogP contribution in [0.25, 0.3) is 0 Å². The molecule has 1 N–H and O–H groups in total. The fourth-order valence-electron chi connectivity index (χ4n) is 6.82. The average molecular weight is 645 g/mol. The number of unbranched alkanes of at least 4 members (excludes halogenated alkanes) is 10. The van der Waals surface area contributed by atoms with Gasteiger partial charge in [-0.2, -0.15) is 5.26 Å². The van der Waals surface area contributed by atoms with Crippen LogP contribution in [0.5, 0.6) is 11.5 Å². The first-order valence-corrected chi connectivity index (χ1v) is 17.3. The smallest absolute Gasteiger partial charge is 0.161 e. The van der Waals surface area contributed by atoms with Crippen molar-refractivity contribution in [2.75, 3.05) is 33.9 Å². The van der Waals surface area contributed by atoms with Crippen molar-refractivity contribution < 1.29 is 19.0 Å². The maximum atomic E-state index is 13.3. The number of hydrogen-bond acceptors (Lipinski definition) is 5. The van der Waals surface area contributed by atoms with E-state index in [-0.39, 0.29) is 24.1 Å². The van der Waals surface area contributed by atoms with E-state index in [9.17, 15) is 14.8 Å². The van der Waals surface area contributed by atoms with E-state index < -0.39 is 11.5 Å². The van der Waals surface area contributed by atoms with Crippen LogP contribution in [0.1, 0.15) is 127 Å². The summed E-state index contributed by atoms with van der Waals surface area (Å²) in [5, 5.41) is 21.4. The van der Waals surface area contributed by atoms with Crippen LogP contribution in [-0.2, 0) is 5.41 Å². The molecular formula is C38H58ClFN2O3. The van der Waals surface area contributed by atoms with Crippen LogP contribution in [-0.4, -0.2) is 43.9 Å². The lowest BCUT2D eigenvalue weighted by Crippen LogP contribution is -2.36. The molecule has 2 atom stereocenters. The average Bonchev–Trinajstić information content (AvgIpc) is 3.06. The first-order valence-electron chi connectivity index (χ1n) is 17.3. The summed E-state index contributed by atoms with van der Waals surface area (Å²) in [5.41, 5.74) is 1.30.